The van der Waals surface area contributed by atoms with Crippen LogP contribution in [0.1, 0.15) is 19.3 Å². The molecule has 2 aromatic heterocycles. The number of nitrogens with zero attached hydrogens (tertiary/aromatic N) is 6. The van der Waals surface area contributed by atoms with Gasteiger partial charge in [0.25, 0.3) is 0 Å². The van der Waals surface area contributed by atoms with Crippen molar-refractivity contribution in [2.75, 3.05) is 18.0 Å². The van der Waals surface area contributed by atoms with E-state index in [1.165, 1.54) is 19.3 Å². The summed E-state index contributed by atoms with van der Waals surface area (Å²) in [5.41, 5.74) is 0.722. The Morgan fingerprint density at radius 3 is 2.76 bits per heavy atom. The summed E-state index contributed by atoms with van der Waals surface area (Å²) in [5.74, 6) is 2.75. The van der Waals surface area contributed by atoms with Gasteiger partial charge in [0.15, 0.2) is 11.5 Å². The van der Waals surface area contributed by atoms with Gasteiger partial charge in [-0.1, -0.05) is 6.42 Å². The van der Waals surface area contributed by atoms with Gasteiger partial charge >= 0.3 is 0 Å². The van der Waals surface area contributed by atoms with E-state index in [9.17, 15) is 0 Å². The molecule has 0 amide bonds. The van der Waals surface area contributed by atoms with E-state index in [2.05, 4.69) is 25.4 Å². The van der Waals surface area contributed by atoms with Gasteiger partial charge in [-0.2, -0.15) is 4.52 Å². The van der Waals surface area contributed by atoms with Crippen LogP contribution in [-0.4, -0.2) is 38.1 Å². The third kappa shape index (κ3) is 1.33. The van der Waals surface area contributed by atoms with E-state index in [4.69, 9.17) is 0 Å². The lowest BCUT2D eigenvalue weighted by Crippen LogP contribution is -2.23. The molecule has 1 aliphatic heterocycles. The summed E-state index contributed by atoms with van der Waals surface area (Å²) < 4.78 is 1.79. The molecule has 88 valence electrons. The van der Waals surface area contributed by atoms with E-state index < -0.39 is 0 Å². The maximum Gasteiger partial charge on any atom is 0.199 e. The van der Waals surface area contributed by atoms with Crippen molar-refractivity contribution in [2.45, 2.75) is 19.3 Å². The lowest BCUT2D eigenvalue weighted by molar-refractivity contribution is 0.494. The van der Waals surface area contributed by atoms with Crippen LogP contribution in [0.5, 0.6) is 0 Å². The van der Waals surface area contributed by atoms with Crippen molar-refractivity contribution in [3.05, 3.63) is 12.4 Å². The topological polar surface area (TPSA) is 59.2 Å². The number of fused-ring (bicyclic) bond motifs is 2. The molecule has 1 aliphatic carbocycles. The van der Waals surface area contributed by atoms with Crippen molar-refractivity contribution in [1.82, 2.24) is 25.0 Å². The molecule has 0 spiro atoms. The monoisotopic (exact) mass is 230 g/mol. The first-order chi connectivity index (χ1) is 8.42. The summed E-state index contributed by atoms with van der Waals surface area (Å²) in [4.78, 5) is 6.60. The minimum atomic E-state index is 0.722. The zero-order valence-electron chi connectivity index (χ0n) is 9.53. The van der Waals surface area contributed by atoms with Crippen molar-refractivity contribution < 1.29 is 0 Å². The van der Waals surface area contributed by atoms with E-state index in [1.54, 1.807) is 10.7 Å². The second-order valence-electron chi connectivity index (χ2n) is 5.07. The first-order valence-electron chi connectivity index (χ1n) is 6.19. The van der Waals surface area contributed by atoms with Crippen LogP contribution >= 0.6 is 0 Å². The summed E-state index contributed by atoms with van der Waals surface area (Å²) in [5, 5.41) is 11.7. The normalized spacial score (nSPS) is 27.9. The van der Waals surface area contributed by atoms with Crippen molar-refractivity contribution >= 4 is 11.5 Å². The predicted octanol–water partition coefficient (Wildman–Crippen LogP) is 0.756. The van der Waals surface area contributed by atoms with Gasteiger partial charge in [0, 0.05) is 13.1 Å². The molecule has 4 rings (SSSR count). The van der Waals surface area contributed by atoms with Gasteiger partial charge in [0.2, 0.25) is 0 Å². The molecule has 6 nitrogen and oxygen atoms in total. The Balaban J connectivity index is 1.73. The molecule has 2 unspecified atom stereocenters. The average molecular weight is 230 g/mol. The number of aromatic nitrogens is 5. The lowest BCUT2D eigenvalue weighted by atomic mass is 10.0. The first-order valence-corrected chi connectivity index (χ1v) is 6.19. The van der Waals surface area contributed by atoms with Crippen LogP contribution < -0.4 is 4.90 Å². The van der Waals surface area contributed by atoms with Gasteiger partial charge in [-0.25, -0.2) is 0 Å². The van der Waals surface area contributed by atoms with Crippen molar-refractivity contribution in [2.24, 2.45) is 11.8 Å². The van der Waals surface area contributed by atoms with Crippen LogP contribution in [0.3, 0.4) is 0 Å². The minimum absolute atomic E-state index is 0.722. The highest BCUT2D eigenvalue weighted by Crippen LogP contribution is 2.39. The van der Waals surface area contributed by atoms with Crippen LogP contribution in [0, 0.1) is 11.8 Å². The molecule has 1 saturated heterocycles. The molecule has 6 heteroatoms. The quantitative estimate of drug-likeness (QED) is 0.723. The largest absolute Gasteiger partial charge is 0.355 e. The van der Waals surface area contributed by atoms with Gasteiger partial charge in [0.05, 0.1) is 12.4 Å². The summed E-state index contributed by atoms with van der Waals surface area (Å²) in [6.45, 7) is 2.26. The van der Waals surface area contributed by atoms with Crippen molar-refractivity contribution in [3.63, 3.8) is 0 Å². The van der Waals surface area contributed by atoms with Crippen LogP contribution in [0.15, 0.2) is 12.4 Å². The SMILES string of the molecule is c1ncc2nnnn2c1N1CC2CCCC2C1. The fraction of sp³-hybridized carbons (Fsp3) is 0.636. The van der Waals surface area contributed by atoms with E-state index in [1.807, 2.05) is 6.20 Å². The Hall–Kier alpha value is -1.72. The Labute approximate surface area is 98.6 Å². The molecule has 3 heterocycles. The van der Waals surface area contributed by atoms with Crippen molar-refractivity contribution in [1.29, 1.82) is 0 Å². The molecular formula is C11H14N6. The summed E-state index contributed by atoms with van der Waals surface area (Å²) >= 11 is 0. The predicted molar refractivity (Wildman–Crippen MR) is 61.6 cm³/mol. The van der Waals surface area contributed by atoms with E-state index in [0.29, 0.717) is 0 Å². The Morgan fingerprint density at radius 1 is 1.12 bits per heavy atom. The minimum Gasteiger partial charge on any atom is -0.355 e. The fourth-order valence-electron chi connectivity index (χ4n) is 3.30. The van der Waals surface area contributed by atoms with Crippen LogP contribution in [0.4, 0.5) is 5.82 Å². The van der Waals surface area contributed by atoms with Gasteiger partial charge in [0.1, 0.15) is 0 Å². The third-order valence-corrected chi connectivity index (χ3v) is 4.14. The molecule has 1 saturated carbocycles. The van der Waals surface area contributed by atoms with Gasteiger partial charge < -0.3 is 4.90 Å². The average Bonchev–Trinajstić information content (AvgIpc) is 3.02. The number of rotatable bonds is 1. The molecule has 2 fully saturated rings. The number of hydrogen-bond acceptors (Lipinski definition) is 5. The molecule has 0 aromatic carbocycles. The fourth-order valence-corrected chi connectivity index (χ4v) is 3.30. The molecule has 17 heavy (non-hydrogen) atoms. The smallest absolute Gasteiger partial charge is 0.199 e. The second-order valence-corrected chi connectivity index (χ2v) is 5.07. The highest BCUT2D eigenvalue weighted by Gasteiger charge is 2.36. The maximum atomic E-state index is 4.22. The molecule has 2 aliphatic rings. The molecule has 2 atom stereocenters. The summed E-state index contributed by atoms with van der Waals surface area (Å²) in [6, 6.07) is 0. The Bertz CT molecular complexity index is 538. The molecule has 2 aromatic rings. The highest BCUT2D eigenvalue weighted by molar-refractivity contribution is 5.47. The number of hydrogen-bond donors (Lipinski definition) is 0. The highest BCUT2D eigenvalue weighted by atomic mass is 15.5. The molecule has 0 bridgehead atoms. The lowest BCUT2D eigenvalue weighted by Gasteiger charge is -2.18. The molecule has 0 N–H and O–H groups in total. The second kappa shape index (κ2) is 3.38. The van der Waals surface area contributed by atoms with E-state index in [0.717, 1.165) is 36.4 Å². The van der Waals surface area contributed by atoms with Crippen LogP contribution in [-0.2, 0) is 0 Å². The first kappa shape index (κ1) is 9.32. The maximum absolute atomic E-state index is 4.22. The van der Waals surface area contributed by atoms with Crippen molar-refractivity contribution in [3.8, 4) is 0 Å². The Morgan fingerprint density at radius 2 is 1.94 bits per heavy atom. The van der Waals surface area contributed by atoms with Crippen LogP contribution in [0.25, 0.3) is 5.65 Å². The standard InChI is InChI=1S/C11H14N6/c1-2-8-6-16(7-9(8)3-1)11-5-12-4-10-13-14-15-17(10)11/h4-5,8-9H,1-3,6-7H2. The van der Waals surface area contributed by atoms with Gasteiger partial charge in [-0.3, -0.25) is 4.98 Å². The van der Waals surface area contributed by atoms with E-state index >= 15 is 0 Å². The van der Waals surface area contributed by atoms with E-state index in [-0.39, 0.29) is 0 Å². The third-order valence-electron chi connectivity index (χ3n) is 4.14. The van der Waals surface area contributed by atoms with Crippen LogP contribution in [0.2, 0.25) is 0 Å². The zero-order valence-corrected chi connectivity index (χ0v) is 9.53. The van der Waals surface area contributed by atoms with Gasteiger partial charge in [-0.15, -0.1) is 5.10 Å². The molecule has 0 radical (unpaired) electrons. The summed E-state index contributed by atoms with van der Waals surface area (Å²) in [6.07, 6.45) is 7.71. The summed E-state index contributed by atoms with van der Waals surface area (Å²) in [7, 11) is 0. The number of tetrazole rings is 1. The van der Waals surface area contributed by atoms with Gasteiger partial charge in [-0.05, 0) is 35.1 Å². The number of anilines is 1. The zero-order chi connectivity index (χ0) is 11.2. The Kier molecular flexibility index (Phi) is 1.86. The molecular weight excluding hydrogens is 216 g/mol.